The third kappa shape index (κ3) is 2.92. The normalized spacial score (nSPS) is 19.7. The van der Waals surface area contributed by atoms with Gasteiger partial charge in [0.2, 0.25) is 5.91 Å². The molecular formula is C16H18N2OS. The van der Waals surface area contributed by atoms with Gasteiger partial charge in [-0.3, -0.25) is 4.79 Å². The molecule has 2 atom stereocenters. The Morgan fingerprint density at radius 3 is 2.75 bits per heavy atom. The molecule has 104 valence electrons. The average Bonchev–Trinajstić information content (AvgIpc) is 3.18. The Morgan fingerprint density at radius 2 is 2.10 bits per heavy atom. The number of amides is 1. The molecule has 20 heavy (non-hydrogen) atoms. The van der Waals surface area contributed by atoms with E-state index in [0.717, 1.165) is 24.9 Å². The summed E-state index contributed by atoms with van der Waals surface area (Å²) >= 11 is 1.68. The molecule has 1 aliphatic heterocycles. The molecule has 0 radical (unpaired) electrons. The van der Waals surface area contributed by atoms with Crippen LogP contribution in [0.1, 0.15) is 29.3 Å². The summed E-state index contributed by atoms with van der Waals surface area (Å²) in [5, 5.41) is 8.48. The first kappa shape index (κ1) is 13.3. The van der Waals surface area contributed by atoms with E-state index in [4.69, 9.17) is 0 Å². The van der Waals surface area contributed by atoms with E-state index >= 15 is 0 Å². The number of carbonyl (C=O) groups excluding carboxylic acids is 1. The summed E-state index contributed by atoms with van der Waals surface area (Å²) in [6.45, 7) is 0.938. The Hall–Kier alpha value is -1.65. The zero-order valence-electron chi connectivity index (χ0n) is 11.2. The third-order valence-corrected chi connectivity index (χ3v) is 4.56. The van der Waals surface area contributed by atoms with Crippen molar-refractivity contribution in [3.05, 3.63) is 58.3 Å². The van der Waals surface area contributed by atoms with Gasteiger partial charge in [0, 0.05) is 4.88 Å². The van der Waals surface area contributed by atoms with Crippen molar-refractivity contribution in [3.63, 3.8) is 0 Å². The van der Waals surface area contributed by atoms with Gasteiger partial charge in [0.15, 0.2) is 0 Å². The molecule has 2 unspecified atom stereocenters. The van der Waals surface area contributed by atoms with E-state index in [2.05, 4.69) is 28.8 Å². The number of carbonyl (C=O) groups is 1. The number of benzene rings is 1. The highest BCUT2D eigenvalue weighted by Crippen LogP contribution is 2.26. The smallest absolute Gasteiger partial charge is 0.237 e. The average molecular weight is 286 g/mol. The first-order chi connectivity index (χ1) is 9.84. The summed E-state index contributed by atoms with van der Waals surface area (Å²) in [6, 6.07) is 14.1. The van der Waals surface area contributed by atoms with Crippen molar-refractivity contribution in [2.75, 3.05) is 6.54 Å². The van der Waals surface area contributed by atoms with E-state index in [9.17, 15) is 4.79 Å². The zero-order valence-corrected chi connectivity index (χ0v) is 12.0. The second kappa shape index (κ2) is 6.20. The molecular weight excluding hydrogens is 268 g/mol. The van der Waals surface area contributed by atoms with Crippen molar-refractivity contribution in [1.82, 2.24) is 10.6 Å². The Balaban J connectivity index is 1.81. The molecule has 1 saturated heterocycles. The fraction of sp³-hybridized carbons (Fsp3) is 0.312. The molecule has 3 rings (SSSR count). The number of hydrogen-bond donors (Lipinski definition) is 2. The summed E-state index contributed by atoms with van der Waals surface area (Å²) in [6.07, 6.45) is 2.00. The minimum Gasteiger partial charge on any atom is -0.343 e. The number of thiophene rings is 1. The van der Waals surface area contributed by atoms with Crippen molar-refractivity contribution in [2.45, 2.75) is 24.9 Å². The number of hydrogen-bond acceptors (Lipinski definition) is 3. The molecule has 3 nitrogen and oxygen atoms in total. The molecule has 4 heteroatoms. The maximum Gasteiger partial charge on any atom is 0.237 e. The maximum atomic E-state index is 12.4. The van der Waals surface area contributed by atoms with E-state index in [1.54, 1.807) is 11.3 Å². The number of nitrogens with one attached hydrogen (secondary N) is 2. The predicted molar refractivity (Wildman–Crippen MR) is 81.8 cm³/mol. The van der Waals surface area contributed by atoms with Gasteiger partial charge in [0.1, 0.15) is 0 Å². The van der Waals surface area contributed by atoms with Crippen molar-refractivity contribution in [3.8, 4) is 0 Å². The molecule has 1 amide bonds. The zero-order chi connectivity index (χ0) is 13.8. The summed E-state index contributed by atoms with van der Waals surface area (Å²) in [5.41, 5.74) is 1.13. The fourth-order valence-corrected chi connectivity index (χ4v) is 3.37. The van der Waals surface area contributed by atoms with Crippen LogP contribution in [-0.4, -0.2) is 18.5 Å². The molecule has 2 heterocycles. The Bertz CT molecular complexity index is 547. The molecule has 1 aromatic carbocycles. The Kier molecular flexibility index (Phi) is 4.14. The second-order valence-electron chi connectivity index (χ2n) is 5.02. The van der Waals surface area contributed by atoms with Gasteiger partial charge in [0.25, 0.3) is 0 Å². The van der Waals surface area contributed by atoms with Crippen molar-refractivity contribution in [1.29, 1.82) is 0 Å². The van der Waals surface area contributed by atoms with Crippen molar-refractivity contribution < 1.29 is 4.79 Å². The lowest BCUT2D eigenvalue weighted by molar-refractivity contribution is -0.123. The van der Waals surface area contributed by atoms with Crippen LogP contribution in [0.2, 0.25) is 0 Å². The predicted octanol–water partition coefficient (Wildman–Crippen LogP) is 2.71. The van der Waals surface area contributed by atoms with Gasteiger partial charge in [-0.2, -0.15) is 0 Å². The standard InChI is InChI=1S/C16H18N2OS/c19-16(13-8-4-10-17-13)18-15(14-9-5-11-20-14)12-6-2-1-3-7-12/h1-3,5-7,9,11,13,15,17H,4,8,10H2,(H,18,19). The van der Waals surface area contributed by atoms with Crippen LogP contribution < -0.4 is 10.6 Å². The highest BCUT2D eigenvalue weighted by atomic mass is 32.1. The minimum atomic E-state index is -0.0499. The highest BCUT2D eigenvalue weighted by Gasteiger charge is 2.25. The monoisotopic (exact) mass is 286 g/mol. The summed E-state index contributed by atoms with van der Waals surface area (Å²) in [7, 11) is 0. The summed E-state index contributed by atoms with van der Waals surface area (Å²) in [4.78, 5) is 13.5. The van der Waals surface area contributed by atoms with Crippen LogP contribution >= 0.6 is 11.3 Å². The molecule has 1 aromatic heterocycles. The molecule has 2 aromatic rings. The van der Waals surface area contributed by atoms with Gasteiger partial charge >= 0.3 is 0 Å². The van der Waals surface area contributed by atoms with Crippen LogP contribution in [0.25, 0.3) is 0 Å². The SMILES string of the molecule is O=C(NC(c1ccccc1)c1cccs1)C1CCCN1. The summed E-state index contributed by atoms with van der Waals surface area (Å²) < 4.78 is 0. The minimum absolute atomic E-state index is 0.0406. The largest absolute Gasteiger partial charge is 0.343 e. The second-order valence-corrected chi connectivity index (χ2v) is 6.00. The lowest BCUT2D eigenvalue weighted by atomic mass is 10.0. The Morgan fingerprint density at radius 1 is 1.25 bits per heavy atom. The van der Waals surface area contributed by atoms with Gasteiger partial charge in [-0.1, -0.05) is 36.4 Å². The first-order valence-corrected chi connectivity index (χ1v) is 7.84. The van der Waals surface area contributed by atoms with E-state index in [-0.39, 0.29) is 18.0 Å². The quantitative estimate of drug-likeness (QED) is 0.907. The van der Waals surface area contributed by atoms with Crippen LogP contribution in [0, 0.1) is 0 Å². The molecule has 0 aliphatic carbocycles. The third-order valence-electron chi connectivity index (χ3n) is 3.62. The van der Waals surface area contributed by atoms with Crippen LogP contribution in [0.15, 0.2) is 47.8 Å². The molecule has 1 aliphatic rings. The maximum absolute atomic E-state index is 12.4. The van der Waals surface area contributed by atoms with E-state index < -0.39 is 0 Å². The van der Waals surface area contributed by atoms with Gasteiger partial charge in [-0.25, -0.2) is 0 Å². The van der Waals surface area contributed by atoms with Gasteiger partial charge in [-0.05, 0) is 36.4 Å². The highest BCUT2D eigenvalue weighted by molar-refractivity contribution is 7.10. The van der Waals surface area contributed by atoms with Crippen molar-refractivity contribution in [2.24, 2.45) is 0 Å². The fourth-order valence-electron chi connectivity index (χ4n) is 2.57. The molecule has 0 saturated carbocycles. The van der Waals surface area contributed by atoms with Crippen LogP contribution in [-0.2, 0) is 4.79 Å². The molecule has 2 N–H and O–H groups in total. The topological polar surface area (TPSA) is 41.1 Å². The van der Waals surface area contributed by atoms with Crippen LogP contribution in [0.5, 0.6) is 0 Å². The molecule has 1 fully saturated rings. The first-order valence-electron chi connectivity index (χ1n) is 6.97. The number of rotatable bonds is 4. The van der Waals surface area contributed by atoms with E-state index in [0.29, 0.717) is 0 Å². The van der Waals surface area contributed by atoms with Gasteiger partial charge in [0.05, 0.1) is 12.1 Å². The lowest BCUT2D eigenvalue weighted by Gasteiger charge is -2.20. The van der Waals surface area contributed by atoms with Gasteiger partial charge < -0.3 is 10.6 Å². The summed E-state index contributed by atoms with van der Waals surface area (Å²) in [5.74, 6) is 0.102. The van der Waals surface area contributed by atoms with Crippen LogP contribution in [0.3, 0.4) is 0 Å². The van der Waals surface area contributed by atoms with Crippen molar-refractivity contribution >= 4 is 17.2 Å². The van der Waals surface area contributed by atoms with Gasteiger partial charge in [-0.15, -0.1) is 11.3 Å². The lowest BCUT2D eigenvalue weighted by Crippen LogP contribution is -2.42. The molecule has 0 spiro atoms. The van der Waals surface area contributed by atoms with E-state index in [1.807, 2.05) is 29.6 Å². The Labute approximate surface area is 123 Å². The van der Waals surface area contributed by atoms with E-state index in [1.165, 1.54) is 4.88 Å². The molecule has 0 bridgehead atoms. The van der Waals surface area contributed by atoms with Crippen LogP contribution in [0.4, 0.5) is 0 Å².